The molecule has 0 aliphatic heterocycles. The minimum absolute atomic E-state index is 0.321. The third-order valence-corrected chi connectivity index (χ3v) is 3.81. The summed E-state index contributed by atoms with van der Waals surface area (Å²) in [6, 6.07) is 13.7. The number of aryl methyl sites for hydroxylation is 1. The lowest BCUT2D eigenvalue weighted by atomic mass is 9.78. The van der Waals surface area contributed by atoms with E-state index in [0.717, 1.165) is 12.0 Å². The van der Waals surface area contributed by atoms with Gasteiger partial charge >= 0.3 is 5.97 Å². The first-order chi connectivity index (χ1) is 9.65. The maximum atomic E-state index is 12.1. The zero-order valence-electron chi connectivity index (χ0n) is 11.4. The molecule has 2 aromatic carbocycles. The first-order valence-electron chi connectivity index (χ1n) is 6.76. The van der Waals surface area contributed by atoms with E-state index in [1.807, 2.05) is 25.1 Å². The van der Waals surface area contributed by atoms with Crippen LogP contribution in [0.1, 0.15) is 33.0 Å². The number of nitrogens with two attached hydrogens (primary N) is 1. The van der Waals surface area contributed by atoms with E-state index in [0.29, 0.717) is 23.8 Å². The molecule has 1 atom stereocenters. The van der Waals surface area contributed by atoms with Crippen LogP contribution in [0.25, 0.3) is 0 Å². The van der Waals surface area contributed by atoms with Crippen molar-refractivity contribution in [3.63, 3.8) is 0 Å². The van der Waals surface area contributed by atoms with Crippen LogP contribution in [0.15, 0.2) is 42.5 Å². The van der Waals surface area contributed by atoms with Crippen LogP contribution in [-0.2, 0) is 11.2 Å². The van der Waals surface area contributed by atoms with Crippen molar-refractivity contribution in [2.75, 3.05) is 12.3 Å². The van der Waals surface area contributed by atoms with Gasteiger partial charge < -0.3 is 10.5 Å². The molecule has 0 heterocycles. The van der Waals surface area contributed by atoms with E-state index in [9.17, 15) is 4.79 Å². The number of benzene rings is 2. The third-order valence-electron chi connectivity index (χ3n) is 3.81. The minimum atomic E-state index is -0.337. The Morgan fingerprint density at radius 3 is 2.90 bits per heavy atom. The van der Waals surface area contributed by atoms with Crippen LogP contribution in [0, 0.1) is 6.92 Å². The van der Waals surface area contributed by atoms with E-state index in [1.165, 1.54) is 11.1 Å². The molecule has 0 saturated carbocycles. The summed E-state index contributed by atoms with van der Waals surface area (Å²) < 4.78 is 5.41. The largest absolute Gasteiger partial charge is 0.461 e. The van der Waals surface area contributed by atoms with Crippen molar-refractivity contribution >= 4 is 11.7 Å². The fourth-order valence-electron chi connectivity index (χ4n) is 2.61. The van der Waals surface area contributed by atoms with Crippen molar-refractivity contribution in [1.82, 2.24) is 0 Å². The van der Waals surface area contributed by atoms with Gasteiger partial charge in [0.15, 0.2) is 0 Å². The van der Waals surface area contributed by atoms with Gasteiger partial charge in [-0.3, -0.25) is 0 Å². The molecule has 102 valence electrons. The molecular weight excluding hydrogens is 250 g/mol. The Balaban J connectivity index is 1.65. The summed E-state index contributed by atoms with van der Waals surface area (Å²) >= 11 is 0. The summed E-state index contributed by atoms with van der Waals surface area (Å²) in [5.41, 5.74) is 10.4. The Morgan fingerprint density at radius 1 is 1.30 bits per heavy atom. The first kappa shape index (κ1) is 12.7. The van der Waals surface area contributed by atoms with Gasteiger partial charge in [0.25, 0.3) is 0 Å². The number of hydrogen-bond donors (Lipinski definition) is 1. The molecule has 0 radical (unpaired) electrons. The summed E-state index contributed by atoms with van der Waals surface area (Å²) in [6.45, 7) is 2.35. The molecule has 0 saturated heterocycles. The second kappa shape index (κ2) is 5.00. The van der Waals surface area contributed by atoms with Gasteiger partial charge in [0, 0.05) is 11.6 Å². The molecule has 0 bridgehead atoms. The summed E-state index contributed by atoms with van der Waals surface area (Å²) in [5.74, 6) is -0.0169. The molecule has 3 nitrogen and oxygen atoms in total. The lowest BCUT2D eigenvalue weighted by Crippen LogP contribution is -2.23. The molecule has 0 fully saturated rings. The number of esters is 1. The van der Waals surface area contributed by atoms with E-state index in [-0.39, 0.29) is 5.97 Å². The number of rotatable bonds is 3. The fraction of sp³-hybridized carbons (Fsp3) is 0.235. The van der Waals surface area contributed by atoms with Crippen LogP contribution in [0.5, 0.6) is 0 Å². The van der Waals surface area contributed by atoms with Crippen molar-refractivity contribution in [3.8, 4) is 0 Å². The van der Waals surface area contributed by atoms with Gasteiger partial charge in [-0.2, -0.15) is 0 Å². The average Bonchev–Trinajstić information content (AvgIpc) is 2.42. The molecule has 2 N–H and O–H groups in total. The van der Waals surface area contributed by atoms with Crippen LogP contribution < -0.4 is 5.73 Å². The standard InChI is InChI=1S/C17H17NO2/c1-11-6-7-16(18)15(8-11)17(19)20-10-13-9-12-4-2-3-5-14(12)13/h2-8,13H,9-10,18H2,1H3. The van der Waals surface area contributed by atoms with Crippen molar-refractivity contribution in [3.05, 3.63) is 64.7 Å². The smallest absolute Gasteiger partial charge is 0.340 e. The molecule has 0 aromatic heterocycles. The van der Waals surface area contributed by atoms with Crippen LogP contribution in [-0.4, -0.2) is 12.6 Å². The Bertz CT molecular complexity index is 664. The molecule has 20 heavy (non-hydrogen) atoms. The van der Waals surface area contributed by atoms with Crippen LogP contribution in [0.4, 0.5) is 5.69 Å². The zero-order chi connectivity index (χ0) is 14.1. The number of anilines is 1. The number of carbonyl (C=O) groups excluding carboxylic acids is 1. The normalized spacial score (nSPS) is 16.1. The quantitative estimate of drug-likeness (QED) is 0.687. The predicted octanol–water partition coefficient (Wildman–Crippen LogP) is 3.07. The van der Waals surface area contributed by atoms with Crippen LogP contribution >= 0.6 is 0 Å². The van der Waals surface area contributed by atoms with Crippen molar-refractivity contribution in [1.29, 1.82) is 0 Å². The maximum absolute atomic E-state index is 12.1. The zero-order valence-corrected chi connectivity index (χ0v) is 11.4. The number of ether oxygens (including phenoxy) is 1. The van der Waals surface area contributed by atoms with Crippen molar-refractivity contribution in [2.24, 2.45) is 0 Å². The van der Waals surface area contributed by atoms with Gasteiger partial charge in [-0.05, 0) is 36.6 Å². The summed E-state index contributed by atoms with van der Waals surface area (Å²) in [4.78, 5) is 12.1. The fourth-order valence-corrected chi connectivity index (χ4v) is 2.61. The van der Waals surface area contributed by atoms with Gasteiger partial charge in [-0.25, -0.2) is 4.79 Å². The molecule has 1 unspecified atom stereocenters. The highest BCUT2D eigenvalue weighted by molar-refractivity contribution is 5.95. The van der Waals surface area contributed by atoms with Crippen LogP contribution in [0.2, 0.25) is 0 Å². The average molecular weight is 267 g/mol. The molecular formula is C17H17NO2. The summed E-state index contributed by atoms with van der Waals surface area (Å²) in [5, 5.41) is 0. The lowest BCUT2D eigenvalue weighted by Gasteiger charge is -2.29. The van der Waals surface area contributed by atoms with E-state index >= 15 is 0 Å². The maximum Gasteiger partial charge on any atom is 0.340 e. The molecule has 1 aliphatic carbocycles. The lowest BCUT2D eigenvalue weighted by molar-refractivity contribution is 0.0471. The van der Waals surface area contributed by atoms with Crippen molar-refractivity contribution in [2.45, 2.75) is 19.3 Å². The molecule has 3 heteroatoms. The van der Waals surface area contributed by atoms with Gasteiger partial charge in [0.05, 0.1) is 12.2 Å². The molecule has 0 amide bonds. The summed E-state index contributed by atoms with van der Waals surface area (Å²) in [7, 11) is 0. The SMILES string of the molecule is Cc1ccc(N)c(C(=O)OCC2Cc3ccccc32)c1. The van der Waals surface area contributed by atoms with Crippen LogP contribution in [0.3, 0.4) is 0 Å². The molecule has 0 spiro atoms. The van der Waals surface area contributed by atoms with Gasteiger partial charge in [0.1, 0.15) is 0 Å². The Hall–Kier alpha value is -2.29. The van der Waals surface area contributed by atoms with E-state index < -0.39 is 0 Å². The number of carbonyl (C=O) groups is 1. The minimum Gasteiger partial charge on any atom is -0.461 e. The molecule has 3 rings (SSSR count). The molecule has 1 aliphatic rings. The topological polar surface area (TPSA) is 52.3 Å². The highest BCUT2D eigenvalue weighted by atomic mass is 16.5. The highest BCUT2D eigenvalue weighted by Gasteiger charge is 2.26. The monoisotopic (exact) mass is 267 g/mol. The highest BCUT2D eigenvalue weighted by Crippen LogP contribution is 2.35. The van der Waals surface area contributed by atoms with E-state index in [2.05, 4.69) is 12.1 Å². The van der Waals surface area contributed by atoms with Gasteiger partial charge in [-0.1, -0.05) is 35.9 Å². The van der Waals surface area contributed by atoms with Gasteiger partial charge in [-0.15, -0.1) is 0 Å². The molecule has 2 aromatic rings. The first-order valence-corrected chi connectivity index (χ1v) is 6.76. The number of nitrogen functional groups attached to an aromatic ring is 1. The number of fused-ring (bicyclic) bond motifs is 1. The second-order valence-electron chi connectivity index (χ2n) is 5.29. The number of hydrogen-bond acceptors (Lipinski definition) is 3. The third kappa shape index (κ3) is 2.27. The summed E-state index contributed by atoms with van der Waals surface area (Å²) in [6.07, 6.45) is 0.979. The van der Waals surface area contributed by atoms with E-state index in [1.54, 1.807) is 12.1 Å². The van der Waals surface area contributed by atoms with Gasteiger partial charge in [0.2, 0.25) is 0 Å². The Morgan fingerprint density at radius 2 is 2.10 bits per heavy atom. The Labute approximate surface area is 118 Å². The Kier molecular flexibility index (Phi) is 3.18. The second-order valence-corrected chi connectivity index (χ2v) is 5.29. The van der Waals surface area contributed by atoms with Crippen molar-refractivity contribution < 1.29 is 9.53 Å². The predicted molar refractivity (Wildman–Crippen MR) is 78.8 cm³/mol. The van der Waals surface area contributed by atoms with E-state index in [4.69, 9.17) is 10.5 Å².